The topological polar surface area (TPSA) is 76.9 Å². The molecule has 0 spiro atoms. The Morgan fingerprint density at radius 2 is 1.73 bits per heavy atom. The summed E-state index contributed by atoms with van der Waals surface area (Å²) in [6, 6.07) is 14.3. The van der Waals surface area contributed by atoms with E-state index >= 15 is 0 Å². The maximum atomic E-state index is 12.5. The lowest BCUT2D eigenvalue weighted by molar-refractivity contribution is -0.119. The molecule has 3 rings (SSSR count). The molecule has 0 saturated carbocycles. The Hall–Kier alpha value is -3.28. The Kier molecular flexibility index (Phi) is 4.93. The summed E-state index contributed by atoms with van der Waals surface area (Å²) in [5.41, 5.74) is 3.52. The molecular weight excluding hydrogens is 328 g/mol. The van der Waals surface area contributed by atoms with Gasteiger partial charge in [0, 0.05) is 11.3 Å². The number of benzene rings is 2. The van der Waals surface area contributed by atoms with E-state index in [4.69, 9.17) is 0 Å². The van der Waals surface area contributed by atoms with Gasteiger partial charge < -0.3 is 5.32 Å². The van der Waals surface area contributed by atoms with Gasteiger partial charge in [0.1, 0.15) is 6.04 Å². The predicted molar refractivity (Wildman–Crippen MR) is 101 cm³/mol. The van der Waals surface area contributed by atoms with Crippen molar-refractivity contribution in [2.24, 2.45) is 0 Å². The predicted octanol–water partition coefficient (Wildman–Crippen LogP) is 3.12. The average molecular weight is 348 g/mol. The van der Waals surface area contributed by atoms with Crippen LogP contribution in [0.3, 0.4) is 0 Å². The number of carbonyl (C=O) groups is 1. The highest BCUT2D eigenvalue weighted by Gasteiger charge is 2.18. The van der Waals surface area contributed by atoms with Crippen LogP contribution in [-0.2, 0) is 4.79 Å². The third kappa shape index (κ3) is 3.85. The first-order valence-corrected chi connectivity index (χ1v) is 8.34. The molecule has 0 fully saturated rings. The SMILES string of the molecule is Cc1cc(C)cc(NC(=O)[C@H](C)n2ncc(-c3ccccc3)nc2=O)c1. The van der Waals surface area contributed by atoms with Gasteiger partial charge in [-0.2, -0.15) is 10.1 Å². The van der Waals surface area contributed by atoms with Crippen LogP contribution >= 0.6 is 0 Å². The van der Waals surface area contributed by atoms with Crippen LogP contribution in [0.15, 0.2) is 59.5 Å². The van der Waals surface area contributed by atoms with Crippen molar-refractivity contribution in [2.75, 3.05) is 5.32 Å². The van der Waals surface area contributed by atoms with Gasteiger partial charge in [0.15, 0.2) is 0 Å². The maximum absolute atomic E-state index is 12.5. The van der Waals surface area contributed by atoms with Crippen molar-refractivity contribution in [3.63, 3.8) is 0 Å². The first kappa shape index (κ1) is 17.5. The number of nitrogens with zero attached hydrogens (tertiary/aromatic N) is 3. The van der Waals surface area contributed by atoms with Crippen molar-refractivity contribution >= 4 is 11.6 Å². The molecule has 0 saturated heterocycles. The lowest BCUT2D eigenvalue weighted by Crippen LogP contribution is -2.34. The van der Waals surface area contributed by atoms with E-state index in [1.807, 2.05) is 62.4 Å². The summed E-state index contributed by atoms with van der Waals surface area (Å²) < 4.78 is 1.09. The Morgan fingerprint density at radius 1 is 1.08 bits per heavy atom. The number of aryl methyl sites for hydroxylation is 2. The molecule has 0 radical (unpaired) electrons. The Bertz CT molecular complexity index is 976. The fourth-order valence-corrected chi connectivity index (χ4v) is 2.77. The molecule has 0 aliphatic carbocycles. The zero-order valence-corrected chi connectivity index (χ0v) is 14.9. The van der Waals surface area contributed by atoms with Gasteiger partial charge >= 0.3 is 5.69 Å². The van der Waals surface area contributed by atoms with Gasteiger partial charge in [0.25, 0.3) is 0 Å². The van der Waals surface area contributed by atoms with Crippen molar-refractivity contribution in [1.29, 1.82) is 0 Å². The minimum Gasteiger partial charge on any atom is -0.324 e. The number of hydrogen-bond acceptors (Lipinski definition) is 4. The summed E-state index contributed by atoms with van der Waals surface area (Å²) in [5.74, 6) is -0.320. The zero-order chi connectivity index (χ0) is 18.7. The van der Waals surface area contributed by atoms with Crippen molar-refractivity contribution in [2.45, 2.75) is 26.8 Å². The highest BCUT2D eigenvalue weighted by molar-refractivity contribution is 5.93. The summed E-state index contributed by atoms with van der Waals surface area (Å²) in [7, 11) is 0. The van der Waals surface area contributed by atoms with Crippen LogP contribution in [0.4, 0.5) is 5.69 Å². The number of carbonyl (C=O) groups excluding carboxylic acids is 1. The van der Waals surface area contributed by atoms with E-state index in [1.165, 1.54) is 6.20 Å². The number of nitrogens with one attached hydrogen (secondary N) is 1. The molecule has 132 valence electrons. The average Bonchev–Trinajstić information content (AvgIpc) is 2.61. The molecule has 1 N–H and O–H groups in total. The molecule has 3 aromatic rings. The Morgan fingerprint density at radius 3 is 2.35 bits per heavy atom. The van der Waals surface area contributed by atoms with E-state index < -0.39 is 11.7 Å². The second-order valence-electron chi connectivity index (χ2n) is 6.28. The third-order valence-corrected chi connectivity index (χ3v) is 4.02. The summed E-state index contributed by atoms with van der Waals surface area (Å²) in [5, 5.41) is 6.96. The van der Waals surface area contributed by atoms with Crippen LogP contribution in [0, 0.1) is 13.8 Å². The molecule has 1 heterocycles. The number of aromatic nitrogens is 3. The smallest absolute Gasteiger partial charge is 0.324 e. The summed E-state index contributed by atoms with van der Waals surface area (Å²) in [4.78, 5) is 28.9. The van der Waals surface area contributed by atoms with Gasteiger partial charge in [0.05, 0.1) is 11.9 Å². The molecule has 26 heavy (non-hydrogen) atoms. The van der Waals surface area contributed by atoms with Gasteiger partial charge in [-0.1, -0.05) is 36.4 Å². The fraction of sp³-hybridized carbons (Fsp3) is 0.200. The zero-order valence-electron chi connectivity index (χ0n) is 14.9. The first-order valence-electron chi connectivity index (χ1n) is 8.34. The number of hydrogen-bond donors (Lipinski definition) is 1. The first-order chi connectivity index (χ1) is 12.4. The molecule has 0 aliphatic rings. The maximum Gasteiger partial charge on any atom is 0.365 e. The van der Waals surface area contributed by atoms with E-state index in [1.54, 1.807) is 6.92 Å². The van der Waals surface area contributed by atoms with E-state index in [9.17, 15) is 9.59 Å². The summed E-state index contributed by atoms with van der Waals surface area (Å²) in [6.45, 7) is 5.55. The Labute approximate surface area is 151 Å². The number of anilines is 1. The molecule has 1 atom stereocenters. The van der Waals surface area contributed by atoms with Crippen LogP contribution in [0.5, 0.6) is 0 Å². The molecule has 0 aliphatic heterocycles. The number of rotatable bonds is 4. The van der Waals surface area contributed by atoms with Gasteiger partial charge in [-0.15, -0.1) is 0 Å². The molecular formula is C20H20N4O2. The van der Waals surface area contributed by atoms with Gasteiger partial charge in [-0.25, -0.2) is 9.48 Å². The third-order valence-electron chi connectivity index (χ3n) is 4.02. The second-order valence-corrected chi connectivity index (χ2v) is 6.28. The van der Waals surface area contributed by atoms with E-state index in [2.05, 4.69) is 15.4 Å². The van der Waals surface area contributed by atoms with Gasteiger partial charge in [-0.3, -0.25) is 4.79 Å². The summed E-state index contributed by atoms with van der Waals surface area (Å²) in [6.07, 6.45) is 1.50. The highest BCUT2D eigenvalue weighted by Crippen LogP contribution is 2.16. The monoisotopic (exact) mass is 348 g/mol. The summed E-state index contributed by atoms with van der Waals surface area (Å²) >= 11 is 0. The van der Waals surface area contributed by atoms with E-state index in [0.29, 0.717) is 11.4 Å². The van der Waals surface area contributed by atoms with Crippen LogP contribution in [0.1, 0.15) is 24.1 Å². The lowest BCUT2D eigenvalue weighted by atomic mass is 10.1. The lowest BCUT2D eigenvalue weighted by Gasteiger charge is -2.14. The molecule has 1 aromatic heterocycles. The quantitative estimate of drug-likeness (QED) is 0.786. The number of amides is 1. The van der Waals surface area contributed by atoms with E-state index in [0.717, 1.165) is 21.4 Å². The van der Waals surface area contributed by atoms with Crippen molar-refractivity contribution in [3.05, 3.63) is 76.3 Å². The normalized spacial score (nSPS) is 11.8. The van der Waals surface area contributed by atoms with E-state index in [-0.39, 0.29) is 5.91 Å². The van der Waals surface area contributed by atoms with Gasteiger partial charge in [0.2, 0.25) is 5.91 Å². The molecule has 6 nitrogen and oxygen atoms in total. The highest BCUT2D eigenvalue weighted by atomic mass is 16.2. The fourth-order valence-electron chi connectivity index (χ4n) is 2.77. The standard InChI is InChI=1S/C20H20N4O2/c1-13-9-14(2)11-17(10-13)22-19(25)15(3)24-20(26)23-18(12-21-24)16-7-5-4-6-8-16/h4-12,15H,1-3H3,(H,22,25)/t15-/m0/s1. The largest absolute Gasteiger partial charge is 0.365 e. The van der Waals surface area contributed by atoms with Crippen LogP contribution in [0.25, 0.3) is 11.3 Å². The molecule has 0 bridgehead atoms. The minimum atomic E-state index is -0.777. The van der Waals surface area contributed by atoms with Crippen molar-refractivity contribution in [1.82, 2.24) is 14.8 Å². The molecule has 6 heteroatoms. The van der Waals surface area contributed by atoms with Gasteiger partial charge in [-0.05, 0) is 44.0 Å². The van der Waals surface area contributed by atoms with Crippen molar-refractivity contribution in [3.8, 4) is 11.3 Å². The van der Waals surface area contributed by atoms with Crippen LogP contribution in [0.2, 0.25) is 0 Å². The van der Waals surface area contributed by atoms with Crippen LogP contribution < -0.4 is 11.0 Å². The Balaban J connectivity index is 1.82. The minimum absolute atomic E-state index is 0.320. The van der Waals surface area contributed by atoms with Crippen LogP contribution in [-0.4, -0.2) is 20.7 Å². The molecule has 1 amide bonds. The van der Waals surface area contributed by atoms with Crippen molar-refractivity contribution < 1.29 is 4.79 Å². The second kappa shape index (κ2) is 7.31. The molecule has 0 unspecified atom stereocenters. The molecule has 2 aromatic carbocycles.